The maximum Gasteiger partial charge on any atom is 0.415 e. The first-order valence-corrected chi connectivity index (χ1v) is 9.24. The Kier molecular flexibility index (Phi) is 4.57. The largest absolute Gasteiger partial charge is 0.465 e. The van der Waals surface area contributed by atoms with Crippen molar-refractivity contribution in [1.82, 2.24) is 24.3 Å². The third-order valence-electron chi connectivity index (χ3n) is 5.71. The maximum atomic E-state index is 12.6. The fourth-order valence-electron chi connectivity index (χ4n) is 4.02. The summed E-state index contributed by atoms with van der Waals surface area (Å²) in [6.45, 7) is 3.84. The second kappa shape index (κ2) is 6.93. The van der Waals surface area contributed by atoms with Crippen LogP contribution >= 0.6 is 0 Å². The highest BCUT2D eigenvalue weighted by molar-refractivity contribution is 5.78. The molecule has 0 unspecified atom stereocenters. The van der Waals surface area contributed by atoms with Crippen molar-refractivity contribution in [2.45, 2.75) is 25.0 Å². The summed E-state index contributed by atoms with van der Waals surface area (Å²) in [6, 6.07) is 0.266. The van der Waals surface area contributed by atoms with Crippen LogP contribution in [0.2, 0.25) is 0 Å². The van der Waals surface area contributed by atoms with Gasteiger partial charge in [-0.2, -0.15) is 0 Å². The quantitative estimate of drug-likeness (QED) is 0.552. The molecule has 0 saturated carbocycles. The molecule has 0 aromatic carbocycles. The van der Waals surface area contributed by atoms with Crippen LogP contribution < -0.4 is 4.74 Å². The third kappa shape index (κ3) is 3.46. The van der Waals surface area contributed by atoms with E-state index in [2.05, 4.69) is 4.98 Å². The van der Waals surface area contributed by atoms with E-state index in [4.69, 9.17) is 9.84 Å². The van der Waals surface area contributed by atoms with E-state index < -0.39 is 16.6 Å². The fourth-order valence-corrected chi connectivity index (χ4v) is 4.02. The minimum atomic E-state index is -0.922. The number of carboxylic acid groups (broad SMARTS) is 1. The van der Waals surface area contributed by atoms with Crippen molar-refractivity contribution in [2.75, 3.05) is 45.8 Å². The van der Waals surface area contributed by atoms with Gasteiger partial charge in [0.25, 0.3) is 0 Å². The molecule has 1 spiro atoms. The lowest BCUT2D eigenvalue weighted by Crippen LogP contribution is -2.54. The van der Waals surface area contributed by atoms with E-state index in [-0.39, 0.29) is 24.3 Å². The molecular weight excluding hydrogens is 372 g/mol. The van der Waals surface area contributed by atoms with E-state index in [1.807, 2.05) is 9.80 Å². The van der Waals surface area contributed by atoms with Crippen LogP contribution in [0.1, 0.15) is 12.8 Å². The van der Waals surface area contributed by atoms with Crippen molar-refractivity contribution in [2.24, 2.45) is 0 Å². The number of nitro groups is 1. The second-order valence-electron chi connectivity index (χ2n) is 7.48. The van der Waals surface area contributed by atoms with Gasteiger partial charge in [0.1, 0.15) is 11.8 Å². The van der Waals surface area contributed by atoms with E-state index in [0.29, 0.717) is 58.7 Å². The molecule has 3 aliphatic rings. The zero-order valence-electron chi connectivity index (χ0n) is 15.3. The Hall–Kier alpha value is -2.89. The number of rotatable bonds is 3. The van der Waals surface area contributed by atoms with Gasteiger partial charge in [-0.05, 0) is 4.92 Å². The van der Waals surface area contributed by atoms with Crippen molar-refractivity contribution in [3.05, 3.63) is 16.3 Å². The average Bonchev–Trinajstić information content (AvgIpc) is 3.19. The molecule has 0 aliphatic carbocycles. The van der Waals surface area contributed by atoms with Gasteiger partial charge < -0.3 is 29.8 Å². The number of piperidine rings is 1. The van der Waals surface area contributed by atoms with Crippen molar-refractivity contribution < 1.29 is 24.4 Å². The summed E-state index contributed by atoms with van der Waals surface area (Å²) >= 11 is 0. The molecule has 1 aromatic rings. The van der Waals surface area contributed by atoms with E-state index in [1.165, 1.54) is 11.1 Å². The van der Waals surface area contributed by atoms with Gasteiger partial charge in [-0.15, -0.1) is 0 Å². The van der Waals surface area contributed by atoms with Gasteiger partial charge in [0, 0.05) is 57.1 Å². The zero-order chi connectivity index (χ0) is 19.9. The van der Waals surface area contributed by atoms with Gasteiger partial charge in [0.05, 0.1) is 13.1 Å². The standard InChI is InChI=1S/C16H22N6O6/c23-13(10-18-5-7-20(8-6-18)15(24)25)19-3-1-16(2-4-19)11-21-9-12(22(26)27)17-14(21)28-16/h9H,1-8,10-11H2,(H,24,25). The molecule has 0 radical (unpaired) electrons. The summed E-state index contributed by atoms with van der Waals surface area (Å²) in [7, 11) is 0. The summed E-state index contributed by atoms with van der Waals surface area (Å²) in [6.07, 6.45) is 1.75. The van der Waals surface area contributed by atoms with Crippen LogP contribution in [0.25, 0.3) is 0 Å². The number of aromatic nitrogens is 2. The number of hydrogen-bond acceptors (Lipinski definition) is 7. The molecule has 1 aromatic heterocycles. The highest BCUT2D eigenvalue weighted by atomic mass is 16.6. The second-order valence-corrected chi connectivity index (χ2v) is 7.48. The fraction of sp³-hybridized carbons (Fsp3) is 0.688. The molecule has 2 saturated heterocycles. The normalized spacial score (nSPS) is 21.4. The van der Waals surface area contributed by atoms with Crippen LogP contribution in [0.3, 0.4) is 0 Å². The summed E-state index contributed by atoms with van der Waals surface area (Å²) in [5.74, 6) is -0.189. The lowest BCUT2D eigenvalue weighted by atomic mass is 9.91. The molecule has 0 bridgehead atoms. The Morgan fingerprint density at radius 3 is 2.43 bits per heavy atom. The number of amides is 2. The number of carbonyl (C=O) groups excluding carboxylic acids is 1. The van der Waals surface area contributed by atoms with E-state index >= 15 is 0 Å². The first-order valence-electron chi connectivity index (χ1n) is 9.24. The number of imidazole rings is 1. The summed E-state index contributed by atoms with van der Waals surface area (Å²) in [5.41, 5.74) is -0.457. The predicted molar refractivity (Wildman–Crippen MR) is 94.1 cm³/mol. The molecule has 12 nitrogen and oxygen atoms in total. The van der Waals surface area contributed by atoms with Crippen LogP contribution in [0.15, 0.2) is 6.20 Å². The number of fused-ring (bicyclic) bond motifs is 1. The minimum absolute atomic E-state index is 0.0324. The van der Waals surface area contributed by atoms with Gasteiger partial charge in [-0.1, -0.05) is 0 Å². The van der Waals surface area contributed by atoms with Crippen molar-refractivity contribution in [1.29, 1.82) is 0 Å². The monoisotopic (exact) mass is 394 g/mol. The first kappa shape index (κ1) is 18.5. The molecule has 152 valence electrons. The van der Waals surface area contributed by atoms with Gasteiger partial charge in [-0.25, -0.2) is 4.79 Å². The highest BCUT2D eigenvalue weighted by Gasteiger charge is 2.46. The topological polar surface area (TPSA) is 134 Å². The number of likely N-dealkylation sites (tertiary alicyclic amines) is 1. The molecule has 4 heterocycles. The number of ether oxygens (including phenoxy) is 1. The molecule has 4 rings (SSSR count). The average molecular weight is 394 g/mol. The van der Waals surface area contributed by atoms with Gasteiger partial charge >= 0.3 is 17.9 Å². The summed E-state index contributed by atoms with van der Waals surface area (Å²) in [5, 5.41) is 19.8. The third-order valence-corrected chi connectivity index (χ3v) is 5.71. The number of hydrogen-bond donors (Lipinski definition) is 1. The number of piperazine rings is 1. The molecule has 0 atom stereocenters. The molecule has 12 heteroatoms. The lowest BCUT2D eigenvalue weighted by molar-refractivity contribution is -0.389. The molecular formula is C16H22N6O6. The van der Waals surface area contributed by atoms with Crippen LogP contribution in [0.5, 0.6) is 6.01 Å². The molecule has 2 amide bonds. The zero-order valence-corrected chi connectivity index (χ0v) is 15.3. The summed E-state index contributed by atoms with van der Waals surface area (Å²) in [4.78, 5) is 42.8. The van der Waals surface area contributed by atoms with Crippen molar-refractivity contribution in [3.63, 3.8) is 0 Å². The highest BCUT2D eigenvalue weighted by Crippen LogP contribution is 2.37. The predicted octanol–water partition coefficient (Wildman–Crippen LogP) is -0.159. The Balaban J connectivity index is 1.26. The van der Waals surface area contributed by atoms with Crippen LogP contribution in [0, 0.1) is 10.1 Å². The molecule has 28 heavy (non-hydrogen) atoms. The van der Waals surface area contributed by atoms with Crippen LogP contribution in [-0.2, 0) is 11.3 Å². The van der Waals surface area contributed by atoms with E-state index in [9.17, 15) is 19.7 Å². The molecule has 2 fully saturated rings. The summed E-state index contributed by atoms with van der Waals surface area (Å²) < 4.78 is 7.58. The SMILES string of the molecule is O=C(O)N1CCN(CC(=O)N2CCC3(CC2)Cn2cc([N+](=O)[O-])nc2O3)CC1. The van der Waals surface area contributed by atoms with E-state index in [0.717, 1.165) is 0 Å². The molecule has 3 aliphatic heterocycles. The Morgan fingerprint density at radius 2 is 1.86 bits per heavy atom. The van der Waals surface area contributed by atoms with Crippen LogP contribution in [0.4, 0.5) is 10.6 Å². The van der Waals surface area contributed by atoms with Crippen LogP contribution in [-0.4, -0.2) is 97.7 Å². The Bertz CT molecular complexity index is 768. The van der Waals surface area contributed by atoms with E-state index in [1.54, 1.807) is 4.57 Å². The minimum Gasteiger partial charge on any atom is -0.465 e. The smallest absolute Gasteiger partial charge is 0.415 e. The number of nitrogens with zero attached hydrogens (tertiary/aromatic N) is 6. The van der Waals surface area contributed by atoms with Crippen molar-refractivity contribution in [3.8, 4) is 6.01 Å². The van der Waals surface area contributed by atoms with Gasteiger partial charge in [0.15, 0.2) is 0 Å². The Morgan fingerprint density at radius 1 is 1.18 bits per heavy atom. The van der Waals surface area contributed by atoms with Gasteiger partial charge in [0.2, 0.25) is 5.91 Å². The maximum absolute atomic E-state index is 12.6. The van der Waals surface area contributed by atoms with Crippen molar-refractivity contribution >= 4 is 17.8 Å². The lowest BCUT2D eigenvalue weighted by Gasteiger charge is -2.39. The Labute approximate surface area is 160 Å². The number of carbonyl (C=O) groups is 2. The molecule has 1 N–H and O–H groups in total. The first-order chi connectivity index (χ1) is 13.3. The van der Waals surface area contributed by atoms with Gasteiger partial charge in [-0.3, -0.25) is 14.3 Å².